The fourth-order valence-electron chi connectivity index (χ4n) is 3.43. The van der Waals surface area contributed by atoms with Gasteiger partial charge in [-0.05, 0) is 42.7 Å². The molecule has 142 valence electrons. The van der Waals surface area contributed by atoms with Crippen molar-refractivity contribution in [2.75, 3.05) is 13.2 Å². The SMILES string of the molecule is Cl.O[C@@H]1CC(CNCc2cccc(Cl)c2)(COc2ccccc2)C[C@@H]1O. The maximum Gasteiger partial charge on any atom is 0.119 e. The van der Waals surface area contributed by atoms with E-state index in [2.05, 4.69) is 5.32 Å². The monoisotopic (exact) mass is 397 g/mol. The van der Waals surface area contributed by atoms with E-state index in [1.54, 1.807) is 0 Å². The van der Waals surface area contributed by atoms with E-state index in [-0.39, 0.29) is 17.8 Å². The number of para-hydroxylation sites is 1. The minimum atomic E-state index is -0.702. The summed E-state index contributed by atoms with van der Waals surface area (Å²) in [5, 5.41) is 24.2. The van der Waals surface area contributed by atoms with Gasteiger partial charge in [0.1, 0.15) is 5.75 Å². The first-order chi connectivity index (χ1) is 12.1. The minimum absolute atomic E-state index is 0. The second-order valence-corrected chi connectivity index (χ2v) is 7.31. The molecule has 4 nitrogen and oxygen atoms in total. The molecule has 26 heavy (non-hydrogen) atoms. The molecule has 1 unspecified atom stereocenters. The van der Waals surface area contributed by atoms with E-state index in [4.69, 9.17) is 16.3 Å². The van der Waals surface area contributed by atoms with E-state index < -0.39 is 12.2 Å². The molecular weight excluding hydrogens is 373 g/mol. The number of hydrogen-bond acceptors (Lipinski definition) is 4. The molecule has 0 amide bonds. The molecule has 2 aromatic rings. The Bertz CT molecular complexity index is 674. The lowest BCUT2D eigenvalue weighted by Crippen LogP contribution is -2.37. The van der Waals surface area contributed by atoms with Crippen molar-refractivity contribution >= 4 is 24.0 Å². The number of benzene rings is 2. The fourth-order valence-corrected chi connectivity index (χ4v) is 3.64. The lowest BCUT2D eigenvalue weighted by atomic mass is 9.86. The molecule has 0 heterocycles. The summed E-state index contributed by atoms with van der Waals surface area (Å²) in [6.45, 7) is 1.79. The molecule has 1 saturated carbocycles. The third-order valence-electron chi connectivity index (χ3n) is 4.73. The zero-order chi connectivity index (χ0) is 17.7. The second-order valence-electron chi connectivity index (χ2n) is 6.88. The average Bonchev–Trinajstić information content (AvgIpc) is 2.89. The number of ether oxygens (including phenoxy) is 1. The molecule has 2 aromatic carbocycles. The zero-order valence-electron chi connectivity index (χ0n) is 14.5. The van der Waals surface area contributed by atoms with E-state index in [1.165, 1.54) is 0 Å². The summed E-state index contributed by atoms with van der Waals surface area (Å²) >= 11 is 6.02. The molecule has 0 aliphatic heterocycles. The van der Waals surface area contributed by atoms with Crippen molar-refractivity contribution in [3.8, 4) is 5.75 Å². The van der Waals surface area contributed by atoms with Gasteiger partial charge in [-0.1, -0.05) is 41.9 Å². The quantitative estimate of drug-likeness (QED) is 0.669. The predicted molar refractivity (Wildman–Crippen MR) is 106 cm³/mol. The smallest absolute Gasteiger partial charge is 0.119 e. The van der Waals surface area contributed by atoms with Crippen LogP contribution in [-0.4, -0.2) is 35.6 Å². The van der Waals surface area contributed by atoms with E-state index in [9.17, 15) is 10.2 Å². The van der Waals surface area contributed by atoms with Crippen molar-refractivity contribution < 1.29 is 14.9 Å². The van der Waals surface area contributed by atoms with Crippen LogP contribution in [0.4, 0.5) is 0 Å². The summed E-state index contributed by atoms with van der Waals surface area (Å²) in [5.41, 5.74) is 0.804. The van der Waals surface area contributed by atoms with Crippen LogP contribution < -0.4 is 10.1 Å². The van der Waals surface area contributed by atoms with Crippen LogP contribution >= 0.6 is 24.0 Å². The van der Waals surface area contributed by atoms with Crippen molar-refractivity contribution in [1.29, 1.82) is 0 Å². The highest BCUT2D eigenvalue weighted by molar-refractivity contribution is 6.30. The molecular formula is C20H25Cl2NO3. The van der Waals surface area contributed by atoms with Gasteiger partial charge in [0.25, 0.3) is 0 Å². The molecule has 1 aliphatic carbocycles. The van der Waals surface area contributed by atoms with Crippen LogP contribution in [-0.2, 0) is 6.54 Å². The van der Waals surface area contributed by atoms with Gasteiger partial charge in [0.05, 0.1) is 18.8 Å². The largest absolute Gasteiger partial charge is 0.493 e. The first kappa shape index (κ1) is 21.0. The number of rotatable bonds is 7. The van der Waals surface area contributed by atoms with Gasteiger partial charge in [0.15, 0.2) is 0 Å². The Morgan fingerprint density at radius 2 is 1.73 bits per heavy atom. The zero-order valence-corrected chi connectivity index (χ0v) is 16.0. The second kappa shape index (κ2) is 9.58. The van der Waals surface area contributed by atoms with Gasteiger partial charge < -0.3 is 20.3 Å². The van der Waals surface area contributed by atoms with Gasteiger partial charge >= 0.3 is 0 Å². The molecule has 0 spiro atoms. The van der Waals surface area contributed by atoms with Gasteiger partial charge in [-0.2, -0.15) is 0 Å². The standard InChI is InChI=1S/C20H24ClNO3.ClH/c21-16-6-4-5-15(9-16)12-22-13-20(10-18(23)19(24)11-20)14-25-17-7-2-1-3-8-17;/h1-9,18-19,22-24H,10-14H2;1H/t18-,19+,20?;. The Morgan fingerprint density at radius 1 is 1.04 bits per heavy atom. The van der Waals surface area contributed by atoms with Crippen molar-refractivity contribution in [3.05, 3.63) is 65.2 Å². The predicted octanol–water partition coefficient (Wildman–Crippen LogP) is 3.43. The Morgan fingerprint density at radius 3 is 2.38 bits per heavy atom. The summed E-state index contributed by atoms with van der Waals surface area (Å²) in [6.07, 6.45) is -0.368. The van der Waals surface area contributed by atoms with Crippen molar-refractivity contribution in [3.63, 3.8) is 0 Å². The molecule has 0 saturated heterocycles. The number of nitrogens with one attached hydrogen (secondary N) is 1. The Hall–Kier alpha value is -1.30. The van der Waals surface area contributed by atoms with E-state index in [0.29, 0.717) is 37.6 Å². The topological polar surface area (TPSA) is 61.7 Å². The number of aliphatic hydroxyl groups excluding tert-OH is 2. The first-order valence-corrected chi connectivity index (χ1v) is 8.93. The normalized spacial score (nSPS) is 24.9. The molecule has 3 N–H and O–H groups in total. The highest BCUT2D eigenvalue weighted by Crippen LogP contribution is 2.38. The first-order valence-electron chi connectivity index (χ1n) is 8.55. The highest BCUT2D eigenvalue weighted by Gasteiger charge is 2.44. The van der Waals surface area contributed by atoms with Crippen molar-refractivity contribution in [1.82, 2.24) is 5.32 Å². The molecule has 0 aromatic heterocycles. The van der Waals surface area contributed by atoms with E-state index in [0.717, 1.165) is 11.3 Å². The molecule has 1 aliphatic rings. The number of halogens is 2. The molecule has 0 radical (unpaired) electrons. The van der Waals surface area contributed by atoms with Gasteiger partial charge in [0.2, 0.25) is 0 Å². The summed E-state index contributed by atoms with van der Waals surface area (Å²) in [7, 11) is 0. The van der Waals surface area contributed by atoms with Gasteiger partial charge in [-0.15, -0.1) is 12.4 Å². The van der Waals surface area contributed by atoms with Crippen molar-refractivity contribution in [2.24, 2.45) is 5.41 Å². The lowest BCUT2D eigenvalue weighted by molar-refractivity contribution is 0.0438. The van der Waals surface area contributed by atoms with Crippen LogP contribution in [0.15, 0.2) is 54.6 Å². The van der Waals surface area contributed by atoms with Gasteiger partial charge in [0, 0.05) is 23.5 Å². The number of hydrogen-bond donors (Lipinski definition) is 3. The maximum atomic E-state index is 10.0. The maximum absolute atomic E-state index is 10.0. The van der Waals surface area contributed by atoms with Crippen LogP contribution in [0.2, 0.25) is 5.02 Å². The minimum Gasteiger partial charge on any atom is -0.493 e. The Labute approximate surface area is 165 Å². The Kier molecular flexibility index (Phi) is 7.74. The van der Waals surface area contributed by atoms with Crippen LogP contribution in [0.3, 0.4) is 0 Å². The molecule has 0 bridgehead atoms. The van der Waals surface area contributed by atoms with Gasteiger partial charge in [-0.25, -0.2) is 0 Å². The van der Waals surface area contributed by atoms with E-state index >= 15 is 0 Å². The highest BCUT2D eigenvalue weighted by atomic mass is 35.5. The van der Waals surface area contributed by atoms with Crippen LogP contribution in [0.25, 0.3) is 0 Å². The third-order valence-corrected chi connectivity index (χ3v) is 4.97. The van der Waals surface area contributed by atoms with Crippen LogP contribution in [0, 0.1) is 5.41 Å². The molecule has 1 fully saturated rings. The summed E-state index contributed by atoms with van der Waals surface area (Å²) < 4.78 is 5.93. The summed E-state index contributed by atoms with van der Waals surface area (Å²) in [5.74, 6) is 0.799. The van der Waals surface area contributed by atoms with Gasteiger partial charge in [-0.3, -0.25) is 0 Å². The lowest BCUT2D eigenvalue weighted by Gasteiger charge is -2.29. The molecule has 6 heteroatoms. The van der Waals surface area contributed by atoms with E-state index in [1.807, 2.05) is 54.6 Å². The Balaban J connectivity index is 0.00000243. The summed E-state index contributed by atoms with van der Waals surface area (Å²) in [6, 6.07) is 17.3. The molecule has 3 atom stereocenters. The fraction of sp³-hybridized carbons (Fsp3) is 0.400. The number of aliphatic hydroxyl groups is 2. The third kappa shape index (κ3) is 5.60. The summed E-state index contributed by atoms with van der Waals surface area (Å²) in [4.78, 5) is 0. The van der Waals surface area contributed by atoms with Crippen molar-refractivity contribution in [2.45, 2.75) is 31.6 Å². The van der Waals surface area contributed by atoms with Crippen LogP contribution in [0.1, 0.15) is 18.4 Å². The van der Waals surface area contributed by atoms with Crippen LogP contribution in [0.5, 0.6) is 5.75 Å². The molecule has 3 rings (SSSR count). The average molecular weight is 398 g/mol.